The molecule has 1 amide bonds. The predicted molar refractivity (Wildman–Crippen MR) is 119 cm³/mol. The van der Waals surface area contributed by atoms with Gasteiger partial charge in [-0.1, -0.05) is 12.1 Å². The van der Waals surface area contributed by atoms with Gasteiger partial charge in [0.1, 0.15) is 12.3 Å². The van der Waals surface area contributed by atoms with E-state index in [-0.39, 0.29) is 11.4 Å². The van der Waals surface area contributed by atoms with Crippen LogP contribution in [-0.2, 0) is 21.4 Å². The Morgan fingerprint density at radius 2 is 1.62 bits per heavy atom. The second-order valence-corrected chi connectivity index (χ2v) is 8.51. The van der Waals surface area contributed by atoms with Gasteiger partial charge in [-0.2, -0.15) is 0 Å². The van der Waals surface area contributed by atoms with Crippen LogP contribution in [0.15, 0.2) is 86.9 Å². The summed E-state index contributed by atoms with van der Waals surface area (Å²) in [5.74, 6) is -0.475. The van der Waals surface area contributed by atoms with E-state index in [0.29, 0.717) is 28.2 Å². The highest BCUT2D eigenvalue weighted by molar-refractivity contribution is 7.92. The predicted octanol–water partition coefficient (Wildman–Crippen LogP) is 3.04. The fourth-order valence-corrected chi connectivity index (χ4v) is 4.16. The van der Waals surface area contributed by atoms with E-state index in [1.165, 1.54) is 35.9 Å². The molecule has 164 valence electrons. The average molecular weight is 453 g/mol. The Bertz CT molecular complexity index is 1420. The summed E-state index contributed by atoms with van der Waals surface area (Å²) in [6, 6.07) is 19.0. The van der Waals surface area contributed by atoms with Crippen LogP contribution in [0.1, 0.15) is 0 Å². The molecule has 1 heterocycles. The summed E-state index contributed by atoms with van der Waals surface area (Å²) in [6.45, 7) is -0.241. The third kappa shape index (κ3) is 4.49. The van der Waals surface area contributed by atoms with E-state index in [1.807, 2.05) is 0 Å². The summed E-state index contributed by atoms with van der Waals surface area (Å²) in [5, 5.41) is 2.64. The third-order valence-electron chi connectivity index (χ3n) is 4.67. The molecule has 0 aliphatic rings. The number of nitrogens with one attached hydrogen (secondary N) is 2. The second kappa shape index (κ2) is 8.60. The highest BCUT2D eigenvalue weighted by Gasteiger charge is 2.16. The van der Waals surface area contributed by atoms with Crippen LogP contribution < -0.4 is 20.5 Å². The number of para-hydroxylation sites is 2. The molecule has 0 aliphatic carbocycles. The Morgan fingerprint density at radius 1 is 0.969 bits per heavy atom. The van der Waals surface area contributed by atoms with Crippen LogP contribution in [0.4, 0.5) is 11.4 Å². The highest BCUT2D eigenvalue weighted by atomic mass is 32.2. The van der Waals surface area contributed by atoms with Crippen LogP contribution in [0.2, 0.25) is 0 Å². The Morgan fingerprint density at radius 3 is 2.31 bits per heavy atom. The van der Waals surface area contributed by atoms with E-state index in [0.717, 1.165) is 0 Å². The van der Waals surface area contributed by atoms with Crippen molar-refractivity contribution < 1.29 is 22.4 Å². The molecular weight excluding hydrogens is 434 g/mol. The van der Waals surface area contributed by atoms with Gasteiger partial charge in [0.15, 0.2) is 5.58 Å². The molecule has 0 aliphatic heterocycles. The van der Waals surface area contributed by atoms with Crippen molar-refractivity contribution in [3.05, 3.63) is 83.3 Å². The van der Waals surface area contributed by atoms with E-state index >= 15 is 0 Å². The van der Waals surface area contributed by atoms with Crippen LogP contribution in [0.5, 0.6) is 5.75 Å². The minimum atomic E-state index is -3.81. The molecule has 10 heteroatoms. The Labute approximate surface area is 183 Å². The van der Waals surface area contributed by atoms with Gasteiger partial charge < -0.3 is 14.5 Å². The molecule has 0 fully saturated rings. The van der Waals surface area contributed by atoms with Gasteiger partial charge in [0.2, 0.25) is 5.91 Å². The van der Waals surface area contributed by atoms with Crippen molar-refractivity contribution in [3.8, 4) is 5.75 Å². The number of hydrogen-bond acceptors (Lipinski definition) is 6. The molecule has 32 heavy (non-hydrogen) atoms. The van der Waals surface area contributed by atoms with E-state index in [1.54, 1.807) is 48.5 Å². The first-order valence-electron chi connectivity index (χ1n) is 9.51. The molecule has 9 nitrogen and oxygen atoms in total. The number of anilines is 2. The molecule has 0 saturated carbocycles. The van der Waals surface area contributed by atoms with Crippen molar-refractivity contribution in [2.24, 2.45) is 0 Å². The number of carbonyl (C=O) groups excluding carboxylic acids is 1. The largest absolute Gasteiger partial charge is 0.497 e. The van der Waals surface area contributed by atoms with Crippen LogP contribution in [0, 0.1) is 0 Å². The van der Waals surface area contributed by atoms with Crippen molar-refractivity contribution in [2.75, 3.05) is 17.1 Å². The summed E-state index contributed by atoms with van der Waals surface area (Å²) >= 11 is 0. The monoisotopic (exact) mass is 453 g/mol. The molecule has 3 aromatic carbocycles. The van der Waals surface area contributed by atoms with Gasteiger partial charge in [-0.05, 0) is 60.7 Å². The SMILES string of the molecule is COc1ccc(NS(=O)(=O)c2ccc(NC(=O)Cn3c(=O)oc4ccccc43)cc2)cc1. The van der Waals surface area contributed by atoms with Crippen LogP contribution in [-0.4, -0.2) is 26.0 Å². The maximum Gasteiger partial charge on any atom is 0.420 e. The summed E-state index contributed by atoms with van der Waals surface area (Å²) in [5.41, 5.74) is 1.68. The number of sulfonamides is 1. The Kier molecular flexibility index (Phi) is 5.69. The Balaban J connectivity index is 1.44. The smallest absolute Gasteiger partial charge is 0.420 e. The first-order valence-corrected chi connectivity index (χ1v) is 11.0. The zero-order chi connectivity index (χ0) is 22.7. The van der Waals surface area contributed by atoms with Gasteiger partial charge in [-0.3, -0.25) is 14.1 Å². The normalized spacial score (nSPS) is 11.3. The minimum absolute atomic E-state index is 0.0309. The average Bonchev–Trinajstić information content (AvgIpc) is 3.09. The van der Waals surface area contributed by atoms with Crippen molar-refractivity contribution in [1.82, 2.24) is 4.57 Å². The molecular formula is C22H19N3O6S. The summed E-state index contributed by atoms with van der Waals surface area (Å²) in [7, 11) is -2.29. The molecule has 4 aromatic rings. The van der Waals surface area contributed by atoms with Gasteiger partial charge in [-0.15, -0.1) is 0 Å². The highest BCUT2D eigenvalue weighted by Crippen LogP contribution is 2.21. The van der Waals surface area contributed by atoms with E-state index < -0.39 is 21.7 Å². The molecule has 0 spiro atoms. The molecule has 0 bridgehead atoms. The van der Waals surface area contributed by atoms with E-state index in [4.69, 9.17) is 9.15 Å². The van der Waals surface area contributed by atoms with Crippen LogP contribution in [0.3, 0.4) is 0 Å². The zero-order valence-electron chi connectivity index (χ0n) is 16.9. The molecule has 2 N–H and O–H groups in total. The van der Waals surface area contributed by atoms with Gasteiger partial charge in [0.05, 0.1) is 17.5 Å². The number of oxazole rings is 1. The first-order chi connectivity index (χ1) is 15.4. The number of aromatic nitrogens is 1. The number of fused-ring (bicyclic) bond motifs is 1. The van der Waals surface area contributed by atoms with Crippen molar-refractivity contribution >= 4 is 38.4 Å². The fraction of sp³-hybridized carbons (Fsp3) is 0.0909. The van der Waals surface area contributed by atoms with Gasteiger partial charge in [0, 0.05) is 11.4 Å². The van der Waals surface area contributed by atoms with Crippen molar-refractivity contribution in [2.45, 2.75) is 11.4 Å². The lowest BCUT2D eigenvalue weighted by molar-refractivity contribution is -0.116. The standard InChI is InChI=1S/C22H19N3O6S/c1-30-17-10-6-16(7-11-17)24-32(28,29)18-12-8-15(9-13-18)23-21(26)14-25-19-4-2-3-5-20(19)31-22(25)27/h2-13,24H,14H2,1H3,(H,23,26). The zero-order valence-corrected chi connectivity index (χ0v) is 17.8. The van der Waals surface area contributed by atoms with E-state index in [2.05, 4.69) is 10.0 Å². The lowest BCUT2D eigenvalue weighted by atomic mass is 10.3. The van der Waals surface area contributed by atoms with Crippen molar-refractivity contribution in [3.63, 3.8) is 0 Å². The first kappa shape index (κ1) is 21.2. The number of methoxy groups -OCH3 is 1. The number of rotatable bonds is 7. The van der Waals surface area contributed by atoms with Gasteiger partial charge in [0.25, 0.3) is 10.0 Å². The molecule has 1 aromatic heterocycles. The minimum Gasteiger partial charge on any atom is -0.497 e. The molecule has 0 atom stereocenters. The quantitative estimate of drug-likeness (QED) is 0.444. The number of benzene rings is 3. The number of ether oxygens (including phenoxy) is 1. The second-order valence-electron chi connectivity index (χ2n) is 6.83. The molecule has 0 radical (unpaired) electrons. The molecule has 0 saturated heterocycles. The van der Waals surface area contributed by atoms with Crippen LogP contribution >= 0.6 is 0 Å². The summed E-state index contributed by atoms with van der Waals surface area (Å²) < 4.78 is 39.0. The topological polar surface area (TPSA) is 120 Å². The van der Waals surface area contributed by atoms with Crippen molar-refractivity contribution in [1.29, 1.82) is 0 Å². The molecule has 0 unspecified atom stereocenters. The lowest BCUT2D eigenvalue weighted by Gasteiger charge is -2.10. The van der Waals surface area contributed by atoms with Gasteiger partial charge in [-0.25, -0.2) is 13.2 Å². The summed E-state index contributed by atoms with van der Waals surface area (Å²) in [6.07, 6.45) is 0. The maximum atomic E-state index is 12.6. The summed E-state index contributed by atoms with van der Waals surface area (Å²) in [4.78, 5) is 24.4. The number of nitrogens with zero attached hydrogens (tertiary/aromatic N) is 1. The number of hydrogen-bond donors (Lipinski definition) is 2. The van der Waals surface area contributed by atoms with E-state index in [9.17, 15) is 18.0 Å². The maximum absolute atomic E-state index is 12.6. The lowest BCUT2D eigenvalue weighted by Crippen LogP contribution is -2.24. The third-order valence-corrected chi connectivity index (χ3v) is 6.06. The van der Waals surface area contributed by atoms with Crippen LogP contribution in [0.25, 0.3) is 11.1 Å². The molecule has 4 rings (SSSR count). The Hall–Kier alpha value is -4.05. The number of carbonyl (C=O) groups is 1. The fourth-order valence-electron chi connectivity index (χ4n) is 3.10. The number of amides is 1. The van der Waals surface area contributed by atoms with Gasteiger partial charge >= 0.3 is 5.76 Å².